The lowest BCUT2D eigenvalue weighted by molar-refractivity contribution is -0.139. The molecule has 0 bridgehead atoms. The van der Waals surface area contributed by atoms with Crippen molar-refractivity contribution < 1.29 is 39.4 Å². The third-order valence-corrected chi connectivity index (χ3v) is 10.1. The van der Waals surface area contributed by atoms with E-state index in [4.69, 9.17) is 14.2 Å². The van der Waals surface area contributed by atoms with E-state index in [1.807, 2.05) is 6.92 Å². The molecule has 45 heavy (non-hydrogen) atoms. The highest BCUT2D eigenvalue weighted by atomic mass is 16.6. The minimum atomic E-state index is -0.533. The highest BCUT2D eigenvalue weighted by Gasteiger charge is 2.40. The number of carbonyl (C=O) groups excluding carboxylic acids is 1. The highest BCUT2D eigenvalue weighted by molar-refractivity contribution is 5.90. The summed E-state index contributed by atoms with van der Waals surface area (Å²) in [4.78, 5) is 11.7. The lowest BCUT2D eigenvalue weighted by Gasteiger charge is -2.24. The number of hydrogen-bond acceptors (Lipinski definition) is 8. The molecule has 0 radical (unpaired) electrons. The van der Waals surface area contributed by atoms with Crippen molar-refractivity contribution in [3.63, 3.8) is 0 Å². The van der Waals surface area contributed by atoms with Gasteiger partial charge < -0.3 is 34.6 Å². The first-order valence-electron chi connectivity index (χ1n) is 18.7. The number of esters is 1. The molecule has 0 aromatic heterocycles. The van der Waals surface area contributed by atoms with Crippen molar-refractivity contribution in [3.8, 4) is 0 Å². The summed E-state index contributed by atoms with van der Waals surface area (Å²) in [6.07, 6.45) is 21.7. The number of carbonyl (C=O) groups is 1. The van der Waals surface area contributed by atoms with Crippen LogP contribution in [0.5, 0.6) is 0 Å². The molecule has 0 saturated carbocycles. The first-order valence-corrected chi connectivity index (χ1v) is 18.7. The van der Waals surface area contributed by atoms with Crippen molar-refractivity contribution in [2.45, 2.75) is 216 Å². The zero-order valence-electron chi connectivity index (χ0n) is 28.5. The molecule has 3 aliphatic heterocycles. The second-order valence-corrected chi connectivity index (χ2v) is 14.2. The monoisotopic (exact) mass is 638 g/mol. The summed E-state index contributed by atoms with van der Waals surface area (Å²) >= 11 is 0. The van der Waals surface area contributed by atoms with Crippen LogP contribution in [0.25, 0.3) is 0 Å². The summed E-state index contributed by atoms with van der Waals surface area (Å²) in [7, 11) is 0. The van der Waals surface area contributed by atoms with Crippen molar-refractivity contribution in [2.24, 2.45) is 0 Å². The molecular formula is C37H66O8. The van der Waals surface area contributed by atoms with Crippen LogP contribution in [0.2, 0.25) is 0 Å². The molecule has 3 rings (SSSR count). The third-order valence-electron chi connectivity index (χ3n) is 10.1. The van der Waals surface area contributed by atoms with Gasteiger partial charge in [-0.15, -0.1) is 0 Å². The van der Waals surface area contributed by atoms with E-state index in [0.717, 1.165) is 83.5 Å². The summed E-state index contributed by atoms with van der Waals surface area (Å²) in [5.41, 5.74) is 0.575. The summed E-state index contributed by atoms with van der Waals surface area (Å²) in [6.45, 7) is 4.06. The van der Waals surface area contributed by atoms with Gasteiger partial charge in [-0.3, -0.25) is 0 Å². The van der Waals surface area contributed by atoms with Gasteiger partial charge in [0, 0.05) is 12.0 Å². The van der Waals surface area contributed by atoms with Crippen LogP contribution in [0.4, 0.5) is 0 Å². The SMILES string of the molecule is CCCCCCCCCC[C@@H](O)[C@H]1CC[C@H]([C@H]2CC[C@H]([C@H](O)CCCC[C@H](O)CCCCC[C@@H](O)CC3=CC(C)OC3=O)O2)O1. The number of aliphatic hydroxyl groups excluding tert-OH is 4. The molecule has 2 saturated heterocycles. The fraction of sp³-hybridized carbons (Fsp3) is 0.919. The van der Waals surface area contributed by atoms with Gasteiger partial charge in [0.2, 0.25) is 0 Å². The second kappa shape index (κ2) is 21.8. The van der Waals surface area contributed by atoms with E-state index in [0.29, 0.717) is 24.8 Å². The molecule has 1 unspecified atom stereocenters. The Bertz CT molecular complexity index is 833. The van der Waals surface area contributed by atoms with Gasteiger partial charge in [0.1, 0.15) is 6.10 Å². The second-order valence-electron chi connectivity index (χ2n) is 14.2. The maximum Gasteiger partial charge on any atom is 0.334 e. The smallest absolute Gasteiger partial charge is 0.334 e. The molecule has 2 fully saturated rings. The molecule has 8 nitrogen and oxygen atoms in total. The standard InChI is InChI=1S/C37H66O8/c1-3-4-5-6-7-8-9-13-19-31(40)33-21-23-35(44-33)36-24-22-34(45-36)32(41)20-15-14-17-29(38)16-11-10-12-18-30(39)26-28-25-27(2)43-37(28)42/h25,27,29-36,38-41H,3-24,26H2,1-2H3/t27?,29-,30-,31-,32-,33-,34-,35-,36-/m1/s1. The quantitative estimate of drug-likeness (QED) is 0.0634. The molecule has 3 heterocycles. The molecule has 0 aliphatic carbocycles. The van der Waals surface area contributed by atoms with Crippen molar-refractivity contribution in [1.29, 1.82) is 0 Å². The predicted octanol–water partition coefficient (Wildman–Crippen LogP) is 6.83. The van der Waals surface area contributed by atoms with Gasteiger partial charge >= 0.3 is 5.97 Å². The minimum absolute atomic E-state index is 0.00732. The molecule has 8 heteroatoms. The van der Waals surface area contributed by atoms with Gasteiger partial charge in [0.15, 0.2) is 0 Å². The lowest BCUT2D eigenvalue weighted by Crippen LogP contribution is -2.33. The molecule has 0 spiro atoms. The summed E-state index contributed by atoms with van der Waals surface area (Å²) in [5.74, 6) is -0.315. The van der Waals surface area contributed by atoms with Crippen LogP contribution in [0.15, 0.2) is 11.6 Å². The Labute approximate surface area is 273 Å². The Morgan fingerprint density at radius 3 is 1.62 bits per heavy atom. The van der Waals surface area contributed by atoms with Crippen LogP contribution < -0.4 is 0 Å². The average molecular weight is 639 g/mol. The Morgan fingerprint density at radius 1 is 0.644 bits per heavy atom. The Balaban J connectivity index is 1.16. The summed E-state index contributed by atoms with van der Waals surface area (Å²) < 4.78 is 17.6. The average Bonchev–Trinajstić information content (AvgIpc) is 3.76. The number of cyclic esters (lactones) is 1. The molecule has 0 amide bonds. The van der Waals surface area contributed by atoms with Crippen molar-refractivity contribution in [1.82, 2.24) is 0 Å². The van der Waals surface area contributed by atoms with Crippen LogP contribution in [0.3, 0.4) is 0 Å². The topological polar surface area (TPSA) is 126 Å². The van der Waals surface area contributed by atoms with E-state index in [1.54, 1.807) is 6.08 Å². The van der Waals surface area contributed by atoms with E-state index < -0.39 is 18.3 Å². The largest absolute Gasteiger partial charge is 0.455 e. The number of aliphatic hydroxyl groups is 4. The van der Waals surface area contributed by atoms with Crippen LogP contribution in [0, 0.1) is 0 Å². The molecule has 0 aromatic rings. The molecule has 3 aliphatic rings. The van der Waals surface area contributed by atoms with E-state index in [2.05, 4.69) is 6.92 Å². The first kappa shape index (κ1) is 38.4. The molecule has 9 atom stereocenters. The van der Waals surface area contributed by atoms with Gasteiger partial charge in [-0.1, -0.05) is 90.4 Å². The number of hydrogen-bond donors (Lipinski definition) is 4. The molecule has 0 aromatic carbocycles. The Kier molecular flexibility index (Phi) is 18.6. The summed E-state index contributed by atoms with van der Waals surface area (Å²) in [5, 5.41) is 42.0. The normalized spacial score (nSPS) is 27.8. The Hall–Kier alpha value is -1.03. The Morgan fingerprint density at radius 2 is 1.09 bits per heavy atom. The zero-order valence-corrected chi connectivity index (χ0v) is 28.5. The van der Waals surface area contributed by atoms with Gasteiger partial charge in [0.05, 0.1) is 48.8 Å². The molecular weight excluding hydrogens is 572 g/mol. The van der Waals surface area contributed by atoms with Gasteiger partial charge in [-0.2, -0.15) is 0 Å². The van der Waals surface area contributed by atoms with E-state index in [1.165, 1.54) is 44.9 Å². The van der Waals surface area contributed by atoms with Gasteiger partial charge in [-0.05, 0) is 70.8 Å². The van der Waals surface area contributed by atoms with Crippen LogP contribution in [0.1, 0.15) is 162 Å². The maximum atomic E-state index is 11.7. The van der Waals surface area contributed by atoms with Gasteiger partial charge in [-0.25, -0.2) is 4.79 Å². The van der Waals surface area contributed by atoms with Gasteiger partial charge in [0.25, 0.3) is 0 Å². The van der Waals surface area contributed by atoms with Crippen molar-refractivity contribution in [3.05, 3.63) is 11.6 Å². The van der Waals surface area contributed by atoms with E-state index in [-0.39, 0.29) is 42.6 Å². The highest BCUT2D eigenvalue weighted by Crippen LogP contribution is 2.34. The van der Waals surface area contributed by atoms with E-state index in [9.17, 15) is 25.2 Å². The number of unbranched alkanes of at least 4 members (excludes halogenated alkanes) is 10. The third kappa shape index (κ3) is 14.7. The fourth-order valence-electron chi connectivity index (χ4n) is 7.30. The van der Waals surface area contributed by atoms with Crippen LogP contribution in [-0.4, -0.2) is 81.3 Å². The minimum Gasteiger partial charge on any atom is -0.455 e. The number of rotatable bonds is 25. The maximum absolute atomic E-state index is 11.7. The fourth-order valence-corrected chi connectivity index (χ4v) is 7.30. The van der Waals surface area contributed by atoms with Crippen molar-refractivity contribution >= 4 is 5.97 Å². The summed E-state index contributed by atoms with van der Waals surface area (Å²) in [6, 6.07) is 0. The lowest BCUT2D eigenvalue weighted by atomic mass is 9.99. The predicted molar refractivity (Wildman–Crippen MR) is 177 cm³/mol. The first-order chi connectivity index (χ1) is 21.8. The van der Waals surface area contributed by atoms with Crippen molar-refractivity contribution in [2.75, 3.05) is 0 Å². The van der Waals surface area contributed by atoms with Crippen LogP contribution >= 0.6 is 0 Å². The molecule has 4 N–H and O–H groups in total. The molecule has 262 valence electrons. The number of ether oxygens (including phenoxy) is 3. The zero-order chi connectivity index (χ0) is 32.4. The van der Waals surface area contributed by atoms with Crippen LogP contribution in [-0.2, 0) is 19.0 Å². The van der Waals surface area contributed by atoms with E-state index >= 15 is 0 Å².